The van der Waals surface area contributed by atoms with Crippen molar-refractivity contribution in [1.29, 1.82) is 0 Å². The lowest BCUT2D eigenvalue weighted by molar-refractivity contribution is 0.0405. The summed E-state index contributed by atoms with van der Waals surface area (Å²) in [5.74, 6) is 0. The molecule has 0 radical (unpaired) electrons. The van der Waals surface area contributed by atoms with Crippen LogP contribution in [0.1, 0.15) is 52.9 Å². The summed E-state index contributed by atoms with van der Waals surface area (Å²) in [4.78, 5) is 7.40. The second-order valence-corrected chi connectivity index (χ2v) is 6.68. The smallest absolute Gasteiger partial charge is 0.0594 e. The molecule has 4 nitrogen and oxygen atoms in total. The fourth-order valence-corrected chi connectivity index (χ4v) is 3.29. The first-order valence-electron chi connectivity index (χ1n) is 10.0. The Bertz CT molecular complexity index is 227. The number of likely N-dealkylation sites (tertiary alicyclic amines) is 2. The third kappa shape index (κ3) is 10.3. The van der Waals surface area contributed by atoms with Gasteiger partial charge in [-0.05, 0) is 71.5 Å². The molecule has 0 aromatic carbocycles. The molecule has 0 atom stereocenters. The van der Waals surface area contributed by atoms with E-state index < -0.39 is 0 Å². The number of morpholine rings is 1. The monoisotopic (exact) mass is 327 g/mol. The van der Waals surface area contributed by atoms with Crippen LogP contribution in [0.5, 0.6) is 0 Å². The summed E-state index contributed by atoms with van der Waals surface area (Å²) in [6.45, 7) is 19.8. The predicted octanol–water partition coefficient (Wildman–Crippen LogP) is 2.93. The van der Waals surface area contributed by atoms with Crippen molar-refractivity contribution in [2.75, 3.05) is 72.1 Å². The van der Waals surface area contributed by atoms with Crippen molar-refractivity contribution in [2.45, 2.75) is 52.9 Å². The molecule has 3 heterocycles. The first-order chi connectivity index (χ1) is 11.3. The van der Waals surface area contributed by atoms with Crippen molar-refractivity contribution in [2.24, 2.45) is 0 Å². The maximum absolute atomic E-state index is 5.16. The maximum Gasteiger partial charge on any atom is 0.0594 e. The molecule has 3 saturated heterocycles. The second kappa shape index (κ2) is 14.2. The van der Waals surface area contributed by atoms with Gasteiger partial charge in [0.15, 0.2) is 0 Å². The van der Waals surface area contributed by atoms with Gasteiger partial charge in [-0.1, -0.05) is 27.2 Å². The number of rotatable bonds is 3. The van der Waals surface area contributed by atoms with Crippen LogP contribution in [-0.4, -0.2) is 86.8 Å². The standard InChI is InChI=1S/C7H15N.C6H13NO.C6H13N/c1-2-8-6-4-3-5-7-8;1-2-7-3-5-8-6-4-7;1-2-7-5-3-4-6-7/h2-7H2,1H3;2-6H2,1H3;2-6H2,1H3. The zero-order chi connectivity index (χ0) is 16.8. The summed E-state index contributed by atoms with van der Waals surface area (Å²) in [5, 5.41) is 0. The topological polar surface area (TPSA) is 19.0 Å². The summed E-state index contributed by atoms with van der Waals surface area (Å²) in [6, 6.07) is 0. The molecule has 0 aromatic heterocycles. The van der Waals surface area contributed by atoms with Crippen molar-refractivity contribution >= 4 is 0 Å². The van der Waals surface area contributed by atoms with E-state index in [1.54, 1.807) is 0 Å². The van der Waals surface area contributed by atoms with E-state index in [9.17, 15) is 0 Å². The van der Waals surface area contributed by atoms with E-state index in [1.165, 1.54) is 77.9 Å². The molecule has 23 heavy (non-hydrogen) atoms. The molecule has 0 bridgehead atoms. The van der Waals surface area contributed by atoms with E-state index in [-0.39, 0.29) is 0 Å². The number of likely N-dealkylation sites (N-methyl/N-ethyl adjacent to an activating group) is 1. The predicted molar refractivity (Wildman–Crippen MR) is 100 cm³/mol. The van der Waals surface area contributed by atoms with Gasteiger partial charge in [0.1, 0.15) is 0 Å². The Morgan fingerprint density at radius 1 is 0.522 bits per heavy atom. The molecule has 3 rings (SSSR count). The molecule has 0 saturated carbocycles. The van der Waals surface area contributed by atoms with Crippen LogP contribution in [0.4, 0.5) is 0 Å². The number of piperidine rings is 1. The molecule has 138 valence electrons. The Labute approximate surface area is 145 Å². The lowest BCUT2D eigenvalue weighted by atomic mass is 10.1. The average Bonchev–Trinajstić information content (AvgIpc) is 3.18. The van der Waals surface area contributed by atoms with Gasteiger partial charge in [-0.15, -0.1) is 0 Å². The van der Waals surface area contributed by atoms with Gasteiger partial charge in [0.2, 0.25) is 0 Å². The van der Waals surface area contributed by atoms with Crippen molar-refractivity contribution < 1.29 is 4.74 Å². The highest BCUT2D eigenvalue weighted by Crippen LogP contribution is 2.06. The van der Waals surface area contributed by atoms with Crippen molar-refractivity contribution in [3.8, 4) is 0 Å². The van der Waals surface area contributed by atoms with Crippen molar-refractivity contribution in [3.05, 3.63) is 0 Å². The quantitative estimate of drug-likeness (QED) is 0.793. The number of ether oxygens (including phenoxy) is 1. The number of hydrogen-bond donors (Lipinski definition) is 0. The molecule has 0 spiro atoms. The van der Waals surface area contributed by atoms with Gasteiger partial charge in [-0.2, -0.15) is 0 Å². The Kier molecular flexibility index (Phi) is 12.9. The molecule has 4 heteroatoms. The Morgan fingerprint density at radius 2 is 0.870 bits per heavy atom. The molecule has 0 amide bonds. The summed E-state index contributed by atoms with van der Waals surface area (Å²) in [6.07, 6.45) is 7.15. The van der Waals surface area contributed by atoms with Crippen LogP contribution in [0.25, 0.3) is 0 Å². The fourth-order valence-electron chi connectivity index (χ4n) is 3.29. The SMILES string of the molecule is CCN1CCCC1.CCN1CCCCC1.CCN1CCOCC1. The Balaban J connectivity index is 0.000000173. The maximum atomic E-state index is 5.16. The van der Waals surface area contributed by atoms with Crippen LogP contribution < -0.4 is 0 Å². The van der Waals surface area contributed by atoms with Gasteiger partial charge in [-0.25, -0.2) is 0 Å². The molecule has 0 unspecified atom stereocenters. The van der Waals surface area contributed by atoms with Crippen LogP contribution in [0, 0.1) is 0 Å². The third-order valence-corrected chi connectivity index (χ3v) is 5.09. The highest BCUT2D eigenvalue weighted by molar-refractivity contribution is 4.63. The fraction of sp³-hybridized carbons (Fsp3) is 1.00. The summed E-state index contributed by atoms with van der Waals surface area (Å²) >= 11 is 0. The average molecular weight is 328 g/mol. The summed E-state index contributed by atoms with van der Waals surface area (Å²) < 4.78 is 5.16. The van der Waals surface area contributed by atoms with Gasteiger partial charge in [0, 0.05) is 13.1 Å². The van der Waals surface area contributed by atoms with Gasteiger partial charge >= 0.3 is 0 Å². The van der Waals surface area contributed by atoms with E-state index in [0.29, 0.717) is 0 Å². The molecular formula is C19H41N3O. The zero-order valence-corrected chi connectivity index (χ0v) is 16.1. The molecule has 3 aliphatic rings. The lowest BCUT2D eigenvalue weighted by Gasteiger charge is -2.24. The van der Waals surface area contributed by atoms with Crippen molar-refractivity contribution in [1.82, 2.24) is 14.7 Å². The van der Waals surface area contributed by atoms with E-state index in [1.807, 2.05) is 0 Å². The zero-order valence-electron chi connectivity index (χ0n) is 16.1. The summed E-state index contributed by atoms with van der Waals surface area (Å²) in [5.41, 5.74) is 0. The first-order valence-corrected chi connectivity index (χ1v) is 10.0. The Morgan fingerprint density at radius 3 is 1.17 bits per heavy atom. The number of nitrogens with zero attached hydrogens (tertiary/aromatic N) is 3. The molecule has 3 fully saturated rings. The van der Waals surface area contributed by atoms with E-state index in [0.717, 1.165) is 26.3 Å². The van der Waals surface area contributed by atoms with Gasteiger partial charge in [-0.3, -0.25) is 4.90 Å². The van der Waals surface area contributed by atoms with Crippen LogP contribution >= 0.6 is 0 Å². The normalized spacial score (nSPS) is 23.6. The second-order valence-electron chi connectivity index (χ2n) is 6.68. The minimum Gasteiger partial charge on any atom is -0.379 e. The lowest BCUT2D eigenvalue weighted by Crippen LogP contribution is -2.35. The molecule has 3 aliphatic heterocycles. The first kappa shape index (κ1) is 20.9. The number of hydrogen-bond acceptors (Lipinski definition) is 4. The van der Waals surface area contributed by atoms with E-state index in [4.69, 9.17) is 4.74 Å². The van der Waals surface area contributed by atoms with E-state index in [2.05, 4.69) is 35.5 Å². The molecule has 0 aromatic rings. The van der Waals surface area contributed by atoms with Gasteiger partial charge in [0.25, 0.3) is 0 Å². The highest BCUT2D eigenvalue weighted by atomic mass is 16.5. The van der Waals surface area contributed by atoms with E-state index >= 15 is 0 Å². The molecule has 0 N–H and O–H groups in total. The molecular weight excluding hydrogens is 286 g/mol. The molecule has 0 aliphatic carbocycles. The third-order valence-electron chi connectivity index (χ3n) is 5.09. The summed E-state index contributed by atoms with van der Waals surface area (Å²) in [7, 11) is 0. The van der Waals surface area contributed by atoms with Crippen LogP contribution in [0.15, 0.2) is 0 Å². The highest BCUT2D eigenvalue weighted by Gasteiger charge is 2.07. The van der Waals surface area contributed by atoms with Crippen molar-refractivity contribution in [3.63, 3.8) is 0 Å². The Hall–Kier alpha value is -0.160. The minimum absolute atomic E-state index is 0.924. The minimum atomic E-state index is 0.924. The largest absolute Gasteiger partial charge is 0.379 e. The van der Waals surface area contributed by atoms with Gasteiger partial charge < -0.3 is 14.5 Å². The van der Waals surface area contributed by atoms with Gasteiger partial charge in [0.05, 0.1) is 13.2 Å². The van der Waals surface area contributed by atoms with Crippen LogP contribution in [-0.2, 0) is 4.74 Å². The van der Waals surface area contributed by atoms with Crippen LogP contribution in [0.2, 0.25) is 0 Å². The van der Waals surface area contributed by atoms with Crippen LogP contribution in [0.3, 0.4) is 0 Å².